The summed E-state index contributed by atoms with van der Waals surface area (Å²) in [4.78, 5) is 15.3. The molecule has 3 N–H and O–H groups in total. The predicted octanol–water partition coefficient (Wildman–Crippen LogP) is 1.16. The van der Waals surface area contributed by atoms with Gasteiger partial charge in [-0.05, 0) is 20.3 Å². The summed E-state index contributed by atoms with van der Waals surface area (Å²) in [6, 6.07) is 2.15. The average molecular weight is 224 g/mol. The van der Waals surface area contributed by atoms with Crippen molar-refractivity contribution in [3.8, 4) is 6.07 Å². The molecule has 0 bridgehead atoms. The van der Waals surface area contributed by atoms with Crippen molar-refractivity contribution in [2.24, 2.45) is 16.1 Å². The zero-order valence-electron chi connectivity index (χ0n) is 10.2. The van der Waals surface area contributed by atoms with Gasteiger partial charge >= 0.3 is 0 Å². The minimum Gasteiger partial charge on any atom is -0.387 e. The molecule has 1 amide bonds. The van der Waals surface area contributed by atoms with E-state index < -0.39 is 5.41 Å². The number of nitrogens with zero attached hydrogens (tertiary/aromatic N) is 2. The van der Waals surface area contributed by atoms with Gasteiger partial charge in [-0.15, -0.1) is 0 Å². The van der Waals surface area contributed by atoms with E-state index in [2.05, 4.69) is 16.4 Å². The van der Waals surface area contributed by atoms with Crippen LogP contribution < -0.4 is 11.1 Å². The number of hydrogen-bond acceptors (Lipinski definition) is 3. The second-order valence-electron chi connectivity index (χ2n) is 4.26. The SMILES string of the molecule is CC/C(N)=N/CNC(=O)CCC(C)(C)C#N. The zero-order chi connectivity index (χ0) is 12.6. The molecule has 0 fully saturated rings. The van der Waals surface area contributed by atoms with Crippen LogP contribution in [0.1, 0.15) is 40.0 Å². The van der Waals surface area contributed by atoms with Crippen molar-refractivity contribution in [1.82, 2.24) is 5.32 Å². The lowest BCUT2D eigenvalue weighted by Crippen LogP contribution is -2.26. The van der Waals surface area contributed by atoms with Crippen LogP contribution in [0.25, 0.3) is 0 Å². The van der Waals surface area contributed by atoms with E-state index in [0.717, 1.165) is 0 Å². The maximum atomic E-state index is 11.3. The van der Waals surface area contributed by atoms with Crippen LogP contribution in [0.5, 0.6) is 0 Å². The molecule has 0 aliphatic rings. The van der Waals surface area contributed by atoms with E-state index in [4.69, 9.17) is 11.0 Å². The van der Waals surface area contributed by atoms with Crippen molar-refractivity contribution in [2.75, 3.05) is 6.67 Å². The van der Waals surface area contributed by atoms with Gasteiger partial charge in [0.05, 0.1) is 17.3 Å². The number of rotatable bonds is 6. The topological polar surface area (TPSA) is 91.3 Å². The molecule has 0 spiro atoms. The molecule has 0 atom stereocenters. The van der Waals surface area contributed by atoms with E-state index in [0.29, 0.717) is 25.1 Å². The lowest BCUT2D eigenvalue weighted by Gasteiger charge is -2.13. The van der Waals surface area contributed by atoms with Gasteiger partial charge in [0.15, 0.2) is 0 Å². The standard InChI is InChI=1S/C11H20N4O/c1-4-9(13)14-8-15-10(16)5-6-11(2,3)7-12/h4-6,8H2,1-3H3,(H2,13,14)(H,15,16). The number of carbonyl (C=O) groups is 1. The van der Waals surface area contributed by atoms with Gasteiger partial charge in [0.1, 0.15) is 6.67 Å². The Bertz CT molecular complexity index is 302. The maximum Gasteiger partial charge on any atom is 0.221 e. The van der Waals surface area contributed by atoms with Crippen molar-refractivity contribution < 1.29 is 4.79 Å². The highest BCUT2D eigenvalue weighted by Crippen LogP contribution is 2.20. The zero-order valence-corrected chi connectivity index (χ0v) is 10.2. The summed E-state index contributed by atoms with van der Waals surface area (Å²) in [6.45, 7) is 5.74. The molecule has 0 aliphatic heterocycles. The van der Waals surface area contributed by atoms with Gasteiger partial charge in [0.25, 0.3) is 0 Å². The summed E-state index contributed by atoms with van der Waals surface area (Å²) < 4.78 is 0. The molecule has 90 valence electrons. The molecule has 0 aromatic carbocycles. The first-order chi connectivity index (χ1) is 7.41. The van der Waals surface area contributed by atoms with Crippen LogP contribution in [0, 0.1) is 16.7 Å². The van der Waals surface area contributed by atoms with Gasteiger partial charge < -0.3 is 11.1 Å². The van der Waals surface area contributed by atoms with Crippen molar-refractivity contribution in [3.63, 3.8) is 0 Å². The molecule has 0 saturated carbocycles. The third kappa shape index (κ3) is 6.82. The summed E-state index contributed by atoms with van der Waals surface area (Å²) in [5, 5.41) is 11.4. The lowest BCUT2D eigenvalue weighted by atomic mass is 9.90. The van der Waals surface area contributed by atoms with Crippen LogP contribution in [-0.2, 0) is 4.79 Å². The maximum absolute atomic E-state index is 11.3. The highest BCUT2D eigenvalue weighted by molar-refractivity contribution is 5.80. The summed E-state index contributed by atoms with van der Waals surface area (Å²) >= 11 is 0. The van der Waals surface area contributed by atoms with E-state index in [1.165, 1.54) is 0 Å². The molecule has 0 radical (unpaired) electrons. The van der Waals surface area contributed by atoms with E-state index in [-0.39, 0.29) is 12.6 Å². The van der Waals surface area contributed by atoms with Crippen molar-refractivity contribution >= 4 is 11.7 Å². The fraction of sp³-hybridized carbons (Fsp3) is 0.727. The minimum absolute atomic E-state index is 0.101. The number of carbonyl (C=O) groups excluding carboxylic acids is 1. The van der Waals surface area contributed by atoms with Crippen molar-refractivity contribution in [3.05, 3.63) is 0 Å². The predicted molar refractivity (Wildman–Crippen MR) is 63.6 cm³/mol. The molecule has 0 aromatic heterocycles. The molecule has 5 nitrogen and oxygen atoms in total. The summed E-state index contributed by atoms with van der Waals surface area (Å²) in [7, 11) is 0. The Morgan fingerprint density at radius 3 is 2.69 bits per heavy atom. The number of amidine groups is 1. The minimum atomic E-state index is -0.455. The molecular formula is C11H20N4O. The highest BCUT2D eigenvalue weighted by Gasteiger charge is 2.17. The fourth-order valence-corrected chi connectivity index (χ4v) is 0.911. The monoisotopic (exact) mass is 224 g/mol. The second-order valence-corrected chi connectivity index (χ2v) is 4.26. The van der Waals surface area contributed by atoms with Gasteiger partial charge in [-0.25, -0.2) is 0 Å². The number of amides is 1. The van der Waals surface area contributed by atoms with E-state index in [1.54, 1.807) is 0 Å². The molecule has 0 aliphatic carbocycles. The molecule has 0 heterocycles. The van der Waals surface area contributed by atoms with Gasteiger partial charge in [0, 0.05) is 12.8 Å². The lowest BCUT2D eigenvalue weighted by molar-refractivity contribution is -0.121. The van der Waals surface area contributed by atoms with Crippen LogP contribution in [-0.4, -0.2) is 18.4 Å². The van der Waals surface area contributed by atoms with Gasteiger partial charge in [-0.2, -0.15) is 5.26 Å². The highest BCUT2D eigenvalue weighted by atomic mass is 16.1. The summed E-state index contributed by atoms with van der Waals surface area (Å²) in [6.07, 6.45) is 1.56. The van der Waals surface area contributed by atoms with Crippen molar-refractivity contribution in [1.29, 1.82) is 5.26 Å². The Labute approximate surface area is 96.7 Å². The van der Waals surface area contributed by atoms with Crippen LogP contribution in [0.4, 0.5) is 0 Å². The quantitative estimate of drug-likeness (QED) is 0.524. The largest absolute Gasteiger partial charge is 0.387 e. The molecular weight excluding hydrogens is 204 g/mol. The molecule has 0 aromatic rings. The molecule has 0 saturated heterocycles. The Morgan fingerprint density at radius 2 is 2.19 bits per heavy atom. The summed E-state index contributed by atoms with van der Waals surface area (Å²) in [5.74, 6) is 0.425. The molecule has 5 heteroatoms. The van der Waals surface area contributed by atoms with Crippen LogP contribution in [0.15, 0.2) is 4.99 Å². The van der Waals surface area contributed by atoms with Crippen LogP contribution in [0.3, 0.4) is 0 Å². The first-order valence-corrected chi connectivity index (χ1v) is 5.38. The number of nitriles is 1. The molecule has 0 unspecified atom stereocenters. The molecule has 0 rings (SSSR count). The average Bonchev–Trinajstić information content (AvgIpc) is 2.26. The fourth-order valence-electron chi connectivity index (χ4n) is 0.911. The van der Waals surface area contributed by atoms with Crippen molar-refractivity contribution in [2.45, 2.75) is 40.0 Å². The smallest absolute Gasteiger partial charge is 0.221 e. The first kappa shape index (κ1) is 14.4. The Morgan fingerprint density at radius 1 is 1.56 bits per heavy atom. The normalized spacial score (nSPS) is 12.0. The molecule has 16 heavy (non-hydrogen) atoms. The van der Waals surface area contributed by atoms with Gasteiger partial charge in [0.2, 0.25) is 5.91 Å². The Hall–Kier alpha value is -1.57. The summed E-state index contributed by atoms with van der Waals surface area (Å²) in [5.41, 5.74) is 5.02. The second kappa shape index (κ2) is 6.83. The van der Waals surface area contributed by atoms with Gasteiger partial charge in [-0.3, -0.25) is 9.79 Å². The Balaban J connectivity index is 3.82. The third-order valence-corrected chi connectivity index (χ3v) is 2.20. The van der Waals surface area contributed by atoms with Gasteiger partial charge in [-0.1, -0.05) is 6.92 Å². The van der Waals surface area contributed by atoms with E-state index in [9.17, 15) is 4.79 Å². The van der Waals surface area contributed by atoms with E-state index in [1.807, 2.05) is 20.8 Å². The number of nitrogens with one attached hydrogen (secondary N) is 1. The van der Waals surface area contributed by atoms with Crippen LogP contribution >= 0.6 is 0 Å². The Kier molecular flexibility index (Phi) is 6.16. The number of hydrogen-bond donors (Lipinski definition) is 2. The van der Waals surface area contributed by atoms with E-state index >= 15 is 0 Å². The number of nitrogens with two attached hydrogens (primary N) is 1. The third-order valence-electron chi connectivity index (χ3n) is 2.20. The van der Waals surface area contributed by atoms with Crippen LogP contribution in [0.2, 0.25) is 0 Å². The first-order valence-electron chi connectivity index (χ1n) is 5.38. The number of aliphatic imine (C=N–C) groups is 1.